The Bertz CT molecular complexity index is 721. The molecule has 3 rings (SSSR count). The quantitative estimate of drug-likeness (QED) is 0.734. The number of aromatic nitrogens is 3. The van der Waals surface area contributed by atoms with E-state index in [4.69, 9.17) is 0 Å². The average molecular weight is 310 g/mol. The monoisotopic (exact) mass is 310 g/mol. The third-order valence-electron chi connectivity index (χ3n) is 4.00. The Labute approximate surface area is 136 Å². The zero-order chi connectivity index (χ0) is 16.2. The van der Waals surface area contributed by atoms with Crippen LogP contribution >= 0.6 is 0 Å². The molecule has 0 spiro atoms. The molecule has 2 aromatic heterocycles. The summed E-state index contributed by atoms with van der Waals surface area (Å²) in [6, 6.07) is 11.6. The molecule has 0 amide bonds. The third kappa shape index (κ3) is 3.57. The second-order valence-corrected chi connectivity index (χ2v) is 6.07. The summed E-state index contributed by atoms with van der Waals surface area (Å²) in [5, 5.41) is 14.1. The largest absolute Gasteiger partial charge is 0.387 e. The highest BCUT2D eigenvalue weighted by atomic mass is 16.3. The second-order valence-electron chi connectivity index (χ2n) is 6.07. The van der Waals surface area contributed by atoms with E-state index < -0.39 is 6.10 Å². The Hall–Kier alpha value is -2.24. The Kier molecular flexibility index (Phi) is 4.69. The van der Waals surface area contributed by atoms with E-state index >= 15 is 0 Å². The molecule has 0 aliphatic heterocycles. The molecule has 5 heteroatoms. The minimum absolute atomic E-state index is 0.0461. The maximum atomic E-state index is 10.7. The van der Waals surface area contributed by atoms with Crippen LogP contribution in [0.3, 0.4) is 0 Å². The van der Waals surface area contributed by atoms with Crippen molar-refractivity contribution in [1.82, 2.24) is 19.7 Å². The molecule has 120 valence electrons. The van der Waals surface area contributed by atoms with Gasteiger partial charge in [-0.15, -0.1) is 0 Å². The van der Waals surface area contributed by atoms with Crippen LogP contribution in [-0.4, -0.2) is 25.5 Å². The van der Waals surface area contributed by atoms with E-state index in [0.29, 0.717) is 18.2 Å². The van der Waals surface area contributed by atoms with Crippen molar-refractivity contribution >= 4 is 5.78 Å². The van der Waals surface area contributed by atoms with Gasteiger partial charge in [-0.1, -0.05) is 44.2 Å². The Balaban J connectivity index is 1.72. The second kappa shape index (κ2) is 6.89. The lowest BCUT2D eigenvalue weighted by Crippen LogP contribution is -2.39. The molecule has 0 fully saturated rings. The van der Waals surface area contributed by atoms with Crippen LogP contribution in [0.5, 0.6) is 0 Å². The lowest BCUT2D eigenvalue weighted by molar-refractivity contribution is 0.104. The highest BCUT2D eigenvalue weighted by molar-refractivity contribution is 5.29. The summed E-state index contributed by atoms with van der Waals surface area (Å²) in [6.07, 6.45) is 5.07. The van der Waals surface area contributed by atoms with Gasteiger partial charge in [0, 0.05) is 31.2 Å². The molecule has 0 saturated heterocycles. The van der Waals surface area contributed by atoms with E-state index in [1.165, 1.54) is 0 Å². The number of aliphatic hydroxyl groups excluding tert-OH is 1. The Morgan fingerprint density at radius 2 is 1.96 bits per heavy atom. The number of rotatable bonds is 6. The van der Waals surface area contributed by atoms with Gasteiger partial charge in [0.05, 0.1) is 11.8 Å². The maximum Gasteiger partial charge on any atom is 0.233 e. The highest BCUT2D eigenvalue weighted by Gasteiger charge is 2.23. The number of nitrogens with one attached hydrogen (secondary N) is 1. The number of hydrogen-bond acceptors (Lipinski definition) is 4. The van der Waals surface area contributed by atoms with E-state index in [1.54, 1.807) is 6.20 Å². The zero-order valence-electron chi connectivity index (χ0n) is 13.4. The summed E-state index contributed by atoms with van der Waals surface area (Å²) in [5.41, 5.74) is 1.84. The van der Waals surface area contributed by atoms with Crippen LogP contribution < -0.4 is 5.32 Å². The maximum absolute atomic E-state index is 10.7. The van der Waals surface area contributed by atoms with Crippen molar-refractivity contribution in [3.8, 4) is 0 Å². The van der Waals surface area contributed by atoms with Crippen molar-refractivity contribution in [1.29, 1.82) is 0 Å². The van der Waals surface area contributed by atoms with Crippen LogP contribution in [0.25, 0.3) is 5.78 Å². The van der Waals surface area contributed by atoms with Crippen molar-refractivity contribution in [3.63, 3.8) is 0 Å². The molecular weight excluding hydrogens is 288 g/mol. The molecule has 23 heavy (non-hydrogen) atoms. The number of aliphatic hydroxyl groups is 1. The molecule has 0 bridgehead atoms. The Morgan fingerprint density at radius 1 is 1.17 bits per heavy atom. The summed E-state index contributed by atoms with van der Waals surface area (Å²) in [7, 11) is 0. The van der Waals surface area contributed by atoms with Crippen molar-refractivity contribution in [2.24, 2.45) is 5.92 Å². The van der Waals surface area contributed by atoms with E-state index in [-0.39, 0.29) is 6.04 Å². The van der Waals surface area contributed by atoms with Crippen LogP contribution in [0.4, 0.5) is 0 Å². The summed E-state index contributed by atoms with van der Waals surface area (Å²) in [6.45, 7) is 4.81. The molecule has 0 saturated carbocycles. The average Bonchev–Trinajstić information content (AvgIpc) is 2.98. The molecule has 3 aromatic rings. The van der Waals surface area contributed by atoms with Gasteiger partial charge in [-0.2, -0.15) is 0 Å². The standard InChI is InChI=1S/C18H22N4O/c1-13(2)16(17(23)14-7-4-3-5-8-14)20-11-15-12-22-10-6-9-19-18(22)21-15/h3-10,12-13,16-17,20,23H,11H2,1-2H3/t16-,17-/m1/s1. The van der Waals surface area contributed by atoms with Gasteiger partial charge in [0.1, 0.15) is 0 Å². The van der Waals surface area contributed by atoms with Crippen LogP contribution in [0.15, 0.2) is 55.0 Å². The van der Waals surface area contributed by atoms with Crippen molar-refractivity contribution in [2.75, 3.05) is 0 Å². The molecule has 0 aliphatic rings. The van der Waals surface area contributed by atoms with E-state index in [9.17, 15) is 5.11 Å². The summed E-state index contributed by atoms with van der Waals surface area (Å²) in [5.74, 6) is 0.981. The molecule has 5 nitrogen and oxygen atoms in total. The van der Waals surface area contributed by atoms with Gasteiger partial charge in [-0.05, 0) is 17.5 Å². The number of imidazole rings is 1. The van der Waals surface area contributed by atoms with Crippen molar-refractivity contribution in [2.45, 2.75) is 32.5 Å². The van der Waals surface area contributed by atoms with E-state index in [0.717, 1.165) is 11.3 Å². The zero-order valence-corrected chi connectivity index (χ0v) is 13.4. The first-order chi connectivity index (χ1) is 11.1. The number of nitrogens with zero attached hydrogens (tertiary/aromatic N) is 3. The van der Waals surface area contributed by atoms with Crippen LogP contribution in [0.2, 0.25) is 0 Å². The molecule has 0 unspecified atom stereocenters. The van der Waals surface area contributed by atoms with Gasteiger partial charge in [-0.3, -0.25) is 4.40 Å². The van der Waals surface area contributed by atoms with Crippen LogP contribution in [0, 0.1) is 5.92 Å². The van der Waals surface area contributed by atoms with E-state index in [2.05, 4.69) is 29.1 Å². The van der Waals surface area contributed by atoms with Gasteiger partial charge >= 0.3 is 0 Å². The minimum atomic E-state index is -0.550. The van der Waals surface area contributed by atoms with E-state index in [1.807, 2.05) is 53.2 Å². The molecule has 0 aliphatic carbocycles. The lowest BCUT2D eigenvalue weighted by atomic mass is 9.93. The normalized spacial score (nSPS) is 14.3. The molecule has 1 aromatic carbocycles. The third-order valence-corrected chi connectivity index (χ3v) is 4.00. The number of hydrogen-bond donors (Lipinski definition) is 2. The first kappa shape index (κ1) is 15.6. The Morgan fingerprint density at radius 3 is 2.65 bits per heavy atom. The fourth-order valence-corrected chi connectivity index (χ4v) is 2.76. The van der Waals surface area contributed by atoms with Crippen LogP contribution in [-0.2, 0) is 6.54 Å². The smallest absolute Gasteiger partial charge is 0.233 e. The SMILES string of the molecule is CC(C)[C@@H](NCc1cn2cccnc2n1)[C@H](O)c1ccccc1. The van der Waals surface area contributed by atoms with Gasteiger partial charge in [0.2, 0.25) is 5.78 Å². The highest BCUT2D eigenvalue weighted by Crippen LogP contribution is 2.22. The minimum Gasteiger partial charge on any atom is -0.387 e. The van der Waals surface area contributed by atoms with Gasteiger partial charge in [0.25, 0.3) is 0 Å². The predicted molar refractivity (Wildman–Crippen MR) is 89.9 cm³/mol. The lowest BCUT2D eigenvalue weighted by Gasteiger charge is -2.27. The first-order valence-corrected chi connectivity index (χ1v) is 7.90. The number of fused-ring (bicyclic) bond motifs is 1. The van der Waals surface area contributed by atoms with Crippen molar-refractivity contribution < 1.29 is 5.11 Å². The van der Waals surface area contributed by atoms with Crippen LogP contribution in [0.1, 0.15) is 31.2 Å². The topological polar surface area (TPSA) is 62.5 Å². The summed E-state index contributed by atoms with van der Waals surface area (Å²) >= 11 is 0. The summed E-state index contributed by atoms with van der Waals surface area (Å²) < 4.78 is 1.90. The molecule has 2 atom stereocenters. The van der Waals surface area contributed by atoms with Crippen molar-refractivity contribution in [3.05, 3.63) is 66.2 Å². The number of benzene rings is 1. The molecule has 2 heterocycles. The van der Waals surface area contributed by atoms with Gasteiger partial charge in [0.15, 0.2) is 0 Å². The summed E-state index contributed by atoms with van der Waals surface area (Å²) in [4.78, 5) is 8.71. The molecule has 2 N–H and O–H groups in total. The fourth-order valence-electron chi connectivity index (χ4n) is 2.76. The fraction of sp³-hybridized carbons (Fsp3) is 0.333. The van der Waals surface area contributed by atoms with Gasteiger partial charge < -0.3 is 10.4 Å². The molecule has 0 radical (unpaired) electrons. The molecular formula is C18H22N4O. The first-order valence-electron chi connectivity index (χ1n) is 7.90. The van der Waals surface area contributed by atoms with Gasteiger partial charge in [-0.25, -0.2) is 9.97 Å². The predicted octanol–water partition coefficient (Wildman–Crippen LogP) is 2.58.